The first-order valence-electron chi connectivity index (χ1n) is 6.88. The smallest absolute Gasteiger partial charge is 0.251 e. The molecule has 1 aliphatic carbocycles. The standard InChI is InChI=1S/C17H16ClNO/c18-14-10-8-13(9-11-14)17(20)19-16-7-3-5-12-4-1-2-6-15(12)16/h1-2,4,6,8-11,16H,3,5,7H2,(H,19,20)/t16-/m1/s1. The SMILES string of the molecule is O=C(N[C@@H]1CCCc2ccccc21)c1ccc(Cl)cc1. The van der Waals surface area contributed by atoms with E-state index < -0.39 is 0 Å². The lowest BCUT2D eigenvalue weighted by atomic mass is 9.87. The largest absolute Gasteiger partial charge is 0.345 e. The maximum Gasteiger partial charge on any atom is 0.251 e. The fraction of sp³-hybridized carbons (Fsp3) is 0.235. The van der Waals surface area contributed by atoms with Gasteiger partial charge in [0.2, 0.25) is 0 Å². The van der Waals surface area contributed by atoms with Crippen LogP contribution in [-0.2, 0) is 6.42 Å². The van der Waals surface area contributed by atoms with Gasteiger partial charge in [0.15, 0.2) is 0 Å². The molecule has 1 aliphatic rings. The summed E-state index contributed by atoms with van der Waals surface area (Å²) in [5.41, 5.74) is 3.25. The highest BCUT2D eigenvalue weighted by atomic mass is 35.5. The molecule has 0 fully saturated rings. The lowest BCUT2D eigenvalue weighted by Gasteiger charge is -2.26. The van der Waals surface area contributed by atoms with Crippen molar-refractivity contribution in [1.29, 1.82) is 0 Å². The molecule has 1 amide bonds. The van der Waals surface area contributed by atoms with Gasteiger partial charge in [-0.05, 0) is 54.7 Å². The molecule has 1 atom stereocenters. The van der Waals surface area contributed by atoms with E-state index in [1.807, 2.05) is 6.07 Å². The van der Waals surface area contributed by atoms with Crippen molar-refractivity contribution in [2.75, 3.05) is 0 Å². The first-order chi connectivity index (χ1) is 9.74. The Kier molecular flexibility index (Phi) is 3.75. The third-order valence-electron chi connectivity index (χ3n) is 3.78. The van der Waals surface area contributed by atoms with Gasteiger partial charge in [-0.3, -0.25) is 4.79 Å². The predicted molar refractivity (Wildman–Crippen MR) is 81.0 cm³/mol. The fourth-order valence-corrected chi connectivity index (χ4v) is 2.87. The number of aryl methyl sites for hydroxylation is 1. The predicted octanol–water partition coefficient (Wildman–Crippen LogP) is 4.15. The summed E-state index contributed by atoms with van der Waals surface area (Å²) < 4.78 is 0. The van der Waals surface area contributed by atoms with Crippen LogP contribution < -0.4 is 5.32 Å². The molecule has 0 unspecified atom stereocenters. The van der Waals surface area contributed by atoms with Gasteiger partial charge < -0.3 is 5.32 Å². The van der Waals surface area contributed by atoms with Crippen LogP contribution >= 0.6 is 11.6 Å². The zero-order valence-corrected chi connectivity index (χ0v) is 11.9. The molecule has 0 aliphatic heterocycles. The number of nitrogens with one attached hydrogen (secondary N) is 1. The Morgan fingerprint density at radius 2 is 1.85 bits per heavy atom. The van der Waals surface area contributed by atoms with E-state index in [0.29, 0.717) is 10.6 Å². The number of carbonyl (C=O) groups excluding carboxylic acids is 1. The third-order valence-corrected chi connectivity index (χ3v) is 4.03. The van der Waals surface area contributed by atoms with Gasteiger partial charge in [0, 0.05) is 10.6 Å². The van der Waals surface area contributed by atoms with E-state index in [4.69, 9.17) is 11.6 Å². The van der Waals surface area contributed by atoms with Gasteiger partial charge in [-0.25, -0.2) is 0 Å². The van der Waals surface area contributed by atoms with Crippen LogP contribution in [0.15, 0.2) is 48.5 Å². The molecule has 0 heterocycles. The Morgan fingerprint density at radius 3 is 2.65 bits per heavy atom. The number of benzene rings is 2. The Balaban J connectivity index is 1.79. The van der Waals surface area contributed by atoms with Crippen molar-refractivity contribution in [3.05, 3.63) is 70.2 Å². The van der Waals surface area contributed by atoms with E-state index in [1.165, 1.54) is 11.1 Å². The minimum atomic E-state index is -0.0385. The van der Waals surface area contributed by atoms with Crippen molar-refractivity contribution in [1.82, 2.24) is 5.32 Å². The third kappa shape index (κ3) is 2.70. The van der Waals surface area contributed by atoms with E-state index in [-0.39, 0.29) is 11.9 Å². The number of carbonyl (C=O) groups is 1. The molecule has 1 N–H and O–H groups in total. The average Bonchev–Trinajstić information content (AvgIpc) is 2.48. The van der Waals surface area contributed by atoms with Crippen LogP contribution in [0.4, 0.5) is 0 Å². The quantitative estimate of drug-likeness (QED) is 0.882. The molecule has 2 aromatic rings. The summed E-state index contributed by atoms with van der Waals surface area (Å²) in [7, 11) is 0. The second kappa shape index (κ2) is 5.68. The van der Waals surface area contributed by atoms with E-state index in [1.54, 1.807) is 24.3 Å². The molecule has 0 saturated heterocycles. The highest BCUT2D eigenvalue weighted by molar-refractivity contribution is 6.30. The molecular formula is C17H16ClNO. The van der Waals surface area contributed by atoms with E-state index in [0.717, 1.165) is 19.3 Å². The van der Waals surface area contributed by atoms with Gasteiger partial charge in [0.1, 0.15) is 0 Å². The molecule has 3 rings (SSSR count). The van der Waals surface area contributed by atoms with Crippen molar-refractivity contribution in [2.45, 2.75) is 25.3 Å². The second-order valence-corrected chi connectivity index (χ2v) is 5.56. The summed E-state index contributed by atoms with van der Waals surface area (Å²) in [4.78, 5) is 12.3. The number of amides is 1. The number of hydrogen-bond donors (Lipinski definition) is 1. The first-order valence-corrected chi connectivity index (χ1v) is 7.26. The van der Waals surface area contributed by atoms with Crippen molar-refractivity contribution < 1.29 is 4.79 Å². The van der Waals surface area contributed by atoms with Gasteiger partial charge >= 0.3 is 0 Å². The van der Waals surface area contributed by atoms with E-state index >= 15 is 0 Å². The zero-order valence-electron chi connectivity index (χ0n) is 11.1. The highest BCUT2D eigenvalue weighted by Gasteiger charge is 2.21. The van der Waals surface area contributed by atoms with Crippen LogP contribution in [0, 0.1) is 0 Å². The Morgan fingerprint density at radius 1 is 1.10 bits per heavy atom. The van der Waals surface area contributed by atoms with Crippen LogP contribution in [-0.4, -0.2) is 5.91 Å². The number of rotatable bonds is 2. The van der Waals surface area contributed by atoms with Gasteiger partial charge in [0.25, 0.3) is 5.91 Å². The van der Waals surface area contributed by atoms with Crippen molar-refractivity contribution in [3.8, 4) is 0 Å². The molecule has 0 radical (unpaired) electrons. The highest BCUT2D eigenvalue weighted by Crippen LogP contribution is 2.29. The normalized spacial score (nSPS) is 17.4. The van der Waals surface area contributed by atoms with Crippen LogP contribution in [0.1, 0.15) is 40.4 Å². The maximum absolute atomic E-state index is 12.3. The number of halogens is 1. The summed E-state index contributed by atoms with van der Waals surface area (Å²) in [6.45, 7) is 0. The summed E-state index contributed by atoms with van der Waals surface area (Å²) in [5, 5.41) is 3.77. The molecular weight excluding hydrogens is 270 g/mol. The van der Waals surface area contributed by atoms with Crippen molar-refractivity contribution in [2.24, 2.45) is 0 Å². The van der Waals surface area contributed by atoms with Gasteiger partial charge in [-0.2, -0.15) is 0 Å². The van der Waals surface area contributed by atoms with Crippen molar-refractivity contribution >= 4 is 17.5 Å². The topological polar surface area (TPSA) is 29.1 Å². The first kappa shape index (κ1) is 13.2. The van der Waals surface area contributed by atoms with Crippen LogP contribution in [0.5, 0.6) is 0 Å². The second-order valence-electron chi connectivity index (χ2n) is 5.12. The lowest BCUT2D eigenvalue weighted by Crippen LogP contribution is -2.30. The lowest BCUT2D eigenvalue weighted by molar-refractivity contribution is 0.0933. The summed E-state index contributed by atoms with van der Waals surface area (Å²) in [6.07, 6.45) is 3.21. The minimum absolute atomic E-state index is 0.0385. The van der Waals surface area contributed by atoms with Gasteiger partial charge in [-0.15, -0.1) is 0 Å². The molecule has 3 heteroatoms. The molecule has 20 heavy (non-hydrogen) atoms. The molecule has 0 spiro atoms. The Hall–Kier alpha value is -1.80. The van der Waals surface area contributed by atoms with E-state index in [2.05, 4.69) is 23.5 Å². The zero-order chi connectivity index (χ0) is 13.9. The minimum Gasteiger partial charge on any atom is -0.345 e. The number of fused-ring (bicyclic) bond motifs is 1. The molecule has 102 valence electrons. The maximum atomic E-state index is 12.3. The molecule has 0 saturated carbocycles. The van der Waals surface area contributed by atoms with E-state index in [9.17, 15) is 4.79 Å². The Labute approximate surface area is 123 Å². The fourth-order valence-electron chi connectivity index (χ4n) is 2.75. The van der Waals surface area contributed by atoms with Crippen LogP contribution in [0.3, 0.4) is 0 Å². The average molecular weight is 286 g/mol. The summed E-state index contributed by atoms with van der Waals surface area (Å²) >= 11 is 5.84. The van der Waals surface area contributed by atoms with Crippen LogP contribution in [0.25, 0.3) is 0 Å². The number of hydrogen-bond acceptors (Lipinski definition) is 1. The van der Waals surface area contributed by atoms with Crippen LogP contribution in [0.2, 0.25) is 5.02 Å². The molecule has 0 bridgehead atoms. The summed E-state index contributed by atoms with van der Waals surface area (Å²) in [5.74, 6) is -0.0385. The van der Waals surface area contributed by atoms with Gasteiger partial charge in [0.05, 0.1) is 6.04 Å². The monoisotopic (exact) mass is 285 g/mol. The molecule has 2 aromatic carbocycles. The molecule has 2 nitrogen and oxygen atoms in total. The van der Waals surface area contributed by atoms with Gasteiger partial charge in [-0.1, -0.05) is 35.9 Å². The Bertz CT molecular complexity index is 621. The molecule has 0 aromatic heterocycles. The summed E-state index contributed by atoms with van der Waals surface area (Å²) in [6, 6.07) is 15.5. The van der Waals surface area contributed by atoms with Crippen molar-refractivity contribution in [3.63, 3.8) is 0 Å².